The van der Waals surface area contributed by atoms with Gasteiger partial charge in [-0.25, -0.2) is 4.39 Å². The van der Waals surface area contributed by atoms with E-state index in [0.29, 0.717) is 6.04 Å². The van der Waals surface area contributed by atoms with E-state index in [1.165, 1.54) is 19.6 Å². The van der Waals surface area contributed by atoms with Crippen molar-refractivity contribution in [2.75, 3.05) is 13.7 Å². The Kier molecular flexibility index (Phi) is 3.21. The van der Waals surface area contributed by atoms with Gasteiger partial charge in [0.05, 0.1) is 18.5 Å². The second kappa shape index (κ2) is 5.01. The van der Waals surface area contributed by atoms with Crippen LogP contribution in [0.5, 0.6) is 5.75 Å². The lowest BCUT2D eigenvalue weighted by Crippen LogP contribution is -2.12. The van der Waals surface area contributed by atoms with Crippen molar-refractivity contribution in [1.29, 1.82) is 0 Å². The number of rotatable bonds is 3. The van der Waals surface area contributed by atoms with Crippen LogP contribution in [0.3, 0.4) is 0 Å². The molecule has 1 atom stereocenters. The van der Waals surface area contributed by atoms with E-state index in [2.05, 4.69) is 15.5 Å². The van der Waals surface area contributed by atoms with Gasteiger partial charge < -0.3 is 10.1 Å². The molecule has 5 heteroatoms. The Morgan fingerprint density at radius 2 is 2.26 bits per heavy atom. The molecule has 0 amide bonds. The molecule has 0 spiro atoms. The summed E-state index contributed by atoms with van der Waals surface area (Å²) < 4.78 is 18.6. The number of nitrogens with zero attached hydrogens (tertiary/aromatic N) is 1. The minimum absolute atomic E-state index is 0.247. The van der Waals surface area contributed by atoms with Gasteiger partial charge in [0.1, 0.15) is 0 Å². The van der Waals surface area contributed by atoms with Crippen LogP contribution in [0.1, 0.15) is 24.6 Å². The minimum atomic E-state index is -0.372. The smallest absolute Gasteiger partial charge is 0.165 e. The molecule has 1 aliphatic rings. The van der Waals surface area contributed by atoms with E-state index < -0.39 is 0 Å². The first kappa shape index (κ1) is 12.2. The average Bonchev–Trinajstić information content (AvgIpc) is 3.09. The molecule has 1 saturated heterocycles. The SMILES string of the molecule is COc1ccc(-c2cc(C3CCCN3)[nH]n2)cc1F. The Bertz CT molecular complexity index is 576. The van der Waals surface area contributed by atoms with Crippen LogP contribution in [0.2, 0.25) is 0 Å². The van der Waals surface area contributed by atoms with Crippen LogP contribution >= 0.6 is 0 Å². The number of hydrogen-bond acceptors (Lipinski definition) is 3. The van der Waals surface area contributed by atoms with Gasteiger partial charge in [-0.3, -0.25) is 5.10 Å². The number of H-pyrrole nitrogens is 1. The van der Waals surface area contributed by atoms with Gasteiger partial charge in [-0.15, -0.1) is 0 Å². The van der Waals surface area contributed by atoms with Crippen molar-refractivity contribution in [2.24, 2.45) is 0 Å². The third kappa shape index (κ3) is 2.33. The molecule has 0 bridgehead atoms. The van der Waals surface area contributed by atoms with E-state index in [4.69, 9.17) is 4.74 Å². The van der Waals surface area contributed by atoms with Crippen molar-refractivity contribution in [1.82, 2.24) is 15.5 Å². The summed E-state index contributed by atoms with van der Waals surface area (Å²) in [4.78, 5) is 0. The van der Waals surface area contributed by atoms with E-state index in [0.717, 1.165) is 29.9 Å². The molecular weight excluding hydrogens is 245 g/mol. The Balaban J connectivity index is 1.87. The van der Waals surface area contributed by atoms with Gasteiger partial charge in [-0.2, -0.15) is 5.10 Å². The number of ether oxygens (including phenoxy) is 1. The molecule has 1 fully saturated rings. The first-order valence-corrected chi connectivity index (χ1v) is 6.40. The van der Waals surface area contributed by atoms with Crippen molar-refractivity contribution >= 4 is 0 Å². The lowest BCUT2D eigenvalue weighted by Gasteiger charge is -2.05. The fraction of sp³-hybridized carbons (Fsp3) is 0.357. The summed E-state index contributed by atoms with van der Waals surface area (Å²) >= 11 is 0. The average molecular weight is 261 g/mol. The van der Waals surface area contributed by atoms with E-state index >= 15 is 0 Å². The van der Waals surface area contributed by atoms with Crippen molar-refractivity contribution < 1.29 is 9.13 Å². The topological polar surface area (TPSA) is 49.9 Å². The molecule has 19 heavy (non-hydrogen) atoms. The number of nitrogens with one attached hydrogen (secondary N) is 2. The quantitative estimate of drug-likeness (QED) is 0.893. The fourth-order valence-electron chi connectivity index (χ4n) is 2.44. The van der Waals surface area contributed by atoms with Crippen LogP contribution in [-0.4, -0.2) is 23.9 Å². The summed E-state index contributed by atoms with van der Waals surface area (Å²) in [5, 5.41) is 10.7. The summed E-state index contributed by atoms with van der Waals surface area (Å²) in [5.41, 5.74) is 2.56. The Morgan fingerprint density at radius 3 is 2.95 bits per heavy atom. The molecule has 1 unspecified atom stereocenters. The molecule has 2 heterocycles. The summed E-state index contributed by atoms with van der Waals surface area (Å²) in [6.07, 6.45) is 2.29. The maximum Gasteiger partial charge on any atom is 0.165 e. The second-order valence-corrected chi connectivity index (χ2v) is 4.71. The van der Waals surface area contributed by atoms with Crippen LogP contribution in [0, 0.1) is 5.82 Å². The van der Waals surface area contributed by atoms with Gasteiger partial charge >= 0.3 is 0 Å². The van der Waals surface area contributed by atoms with Crippen LogP contribution in [0.15, 0.2) is 24.3 Å². The van der Waals surface area contributed by atoms with Crippen LogP contribution < -0.4 is 10.1 Å². The summed E-state index contributed by atoms with van der Waals surface area (Å²) in [5.74, 6) is -0.125. The van der Waals surface area contributed by atoms with Gasteiger partial charge in [0.15, 0.2) is 11.6 Å². The Hall–Kier alpha value is -1.88. The monoisotopic (exact) mass is 261 g/mol. The summed E-state index contributed by atoms with van der Waals surface area (Å²) in [6.45, 7) is 1.04. The minimum Gasteiger partial charge on any atom is -0.494 e. The summed E-state index contributed by atoms with van der Waals surface area (Å²) in [7, 11) is 1.45. The van der Waals surface area contributed by atoms with Crippen molar-refractivity contribution in [2.45, 2.75) is 18.9 Å². The lowest BCUT2D eigenvalue weighted by atomic mass is 10.1. The van der Waals surface area contributed by atoms with Crippen LogP contribution in [-0.2, 0) is 0 Å². The highest BCUT2D eigenvalue weighted by molar-refractivity contribution is 5.60. The van der Waals surface area contributed by atoms with Crippen molar-refractivity contribution in [3.63, 3.8) is 0 Å². The molecule has 1 aromatic heterocycles. The molecule has 1 aliphatic heterocycles. The first-order valence-electron chi connectivity index (χ1n) is 6.40. The largest absolute Gasteiger partial charge is 0.494 e. The lowest BCUT2D eigenvalue weighted by molar-refractivity contribution is 0.386. The highest BCUT2D eigenvalue weighted by Gasteiger charge is 2.18. The van der Waals surface area contributed by atoms with Gasteiger partial charge in [0, 0.05) is 11.6 Å². The van der Waals surface area contributed by atoms with Crippen LogP contribution in [0.25, 0.3) is 11.3 Å². The number of benzene rings is 1. The molecule has 1 aromatic carbocycles. The zero-order valence-corrected chi connectivity index (χ0v) is 10.7. The van der Waals surface area contributed by atoms with E-state index in [1.807, 2.05) is 12.1 Å². The molecule has 100 valence electrons. The normalized spacial score (nSPS) is 18.7. The number of hydrogen-bond donors (Lipinski definition) is 2. The number of methoxy groups -OCH3 is 1. The fourth-order valence-corrected chi connectivity index (χ4v) is 2.44. The number of halogens is 1. The van der Waals surface area contributed by atoms with Crippen molar-refractivity contribution in [3.05, 3.63) is 35.8 Å². The molecule has 0 saturated carbocycles. The maximum atomic E-state index is 13.7. The zero-order valence-electron chi connectivity index (χ0n) is 10.7. The second-order valence-electron chi connectivity index (χ2n) is 4.71. The Morgan fingerprint density at radius 1 is 1.37 bits per heavy atom. The van der Waals surface area contributed by atoms with Gasteiger partial charge in [0.2, 0.25) is 0 Å². The highest BCUT2D eigenvalue weighted by atomic mass is 19.1. The molecular formula is C14H16FN3O. The third-order valence-electron chi connectivity index (χ3n) is 3.48. The van der Waals surface area contributed by atoms with Gasteiger partial charge in [0.25, 0.3) is 0 Å². The zero-order chi connectivity index (χ0) is 13.2. The van der Waals surface area contributed by atoms with E-state index in [1.54, 1.807) is 6.07 Å². The number of aromatic nitrogens is 2. The maximum absolute atomic E-state index is 13.7. The van der Waals surface area contributed by atoms with Gasteiger partial charge in [-0.1, -0.05) is 0 Å². The standard InChI is InChI=1S/C14H16FN3O/c1-19-14-5-4-9(7-10(14)15)12-8-13(18-17-12)11-3-2-6-16-11/h4-5,7-8,11,16H,2-3,6H2,1H3,(H,17,18). The molecule has 2 aromatic rings. The van der Waals surface area contributed by atoms with Crippen LogP contribution in [0.4, 0.5) is 4.39 Å². The number of aromatic amines is 1. The first-order chi connectivity index (χ1) is 9.28. The highest BCUT2D eigenvalue weighted by Crippen LogP contribution is 2.27. The van der Waals surface area contributed by atoms with Crippen molar-refractivity contribution in [3.8, 4) is 17.0 Å². The Labute approximate surface area is 111 Å². The predicted octanol–water partition coefficient (Wildman–Crippen LogP) is 2.65. The molecule has 0 radical (unpaired) electrons. The third-order valence-corrected chi connectivity index (χ3v) is 3.48. The van der Waals surface area contributed by atoms with E-state index in [-0.39, 0.29) is 11.6 Å². The molecule has 4 nitrogen and oxygen atoms in total. The molecule has 0 aliphatic carbocycles. The van der Waals surface area contributed by atoms with Gasteiger partial charge in [-0.05, 0) is 43.7 Å². The summed E-state index contributed by atoms with van der Waals surface area (Å²) in [6, 6.07) is 7.19. The predicted molar refractivity (Wildman–Crippen MR) is 70.5 cm³/mol. The van der Waals surface area contributed by atoms with E-state index in [9.17, 15) is 4.39 Å². The molecule has 2 N–H and O–H groups in total. The molecule has 3 rings (SSSR count).